The highest BCUT2D eigenvalue weighted by Crippen LogP contribution is 2.28. The van der Waals surface area contributed by atoms with Gasteiger partial charge in [-0.3, -0.25) is 0 Å². The van der Waals surface area contributed by atoms with E-state index in [4.69, 9.17) is 9.47 Å². The molecule has 2 aromatic carbocycles. The quantitative estimate of drug-likeness (QED) is 0.464. The van der Waals surface area contributed by atoms with E-state index in [0.29, 0.717) is 11.6 Å². The van der Waals surface area contributed by atoms with Gasteiger partial charge in [0.2, 0.25) is 0 Å². The van der Waals surface area contributed by atoms with Crippen LogP contribution in [0.5, 0.6) is 11.5 Å². The number of methoxy groups -OCH3 is 1. The molecular formula is C23H32N5O2+. The number of quaternary nitrogens is 1. The molecule has 0 unspecified atom stereocenters. The largest absolute Gasteiger partial charge is 0.493 e. The molecule has 0 aliphatic carbocycles. The summed E-state index contributed by atoms with van der Waals surface area (Å²) in [6.45, 7) is 6.63. The Morgan fingerprint density at radius 2 is 1.83 bits per heavy atom. The molecule has 0 aliphatic rings. The van der Waals surface area contributed by atoms with Crippen molar-refractivity contribution in [1.82, 2.24) is 20.2 Å². The molecule has 0 atom stereocenters. The lowest BCUT2D eigenvalue weighted by Gasteiger charge is -2.12. The van der Waals surface area contributed by atoms with Gasteiger partial charge in [0.25, 0.3) is 0 Å². The van der Waals surface area contributed by atoms with Crippen LogP contribution in [0.25, 0.3) is 5.69 Å². The Bertz CT molecular complexity index is 908. The molecule has 2 N–H and O–H groups in total. The number of tetrazole rings is 1. The summed E-state index contributed by atoms with van der Waals surface area (Å²) in [4.78, 5) is 0. The normalized spacial score (nSPS) is 10.9. The number of rotatable bonds is 12. The van der Waals surface area contributed by atoms with Crippen molar-refractivity contribution in [3.8, 4) is 17.2 Å². The van der Waals surface area contributed by atoms with Crippen LogP contribution in [-0.4, -0.2) is 33.9 Å². The van der Waals surface area contributed by atoms with Crippen LogP contribution in [0.2, 0.25) is 0 Å². The summed E-state index contributed by atoms with van der Waals surface area (Å²) in [6, 6.07) is 14.1. The van der Waals surface area contributed by atoms with Gasteiger partial charge in [0.05, 0.1) is 19.3 Å². The number of hydrogen-bond donors (Lipinski definition) is 1. The molecule has 1 heterocycles. The van der Waals surface area contributed by atoms with E-state index < -0.39 is 0 Å². The van der Waals surface area contributed by atoms with Crippen LogP contribution in [0.3, 0.4) is 0 Å². The summed E-state index contributed by atoms with van der Waals surface area (Å²) in [5.41, 5.74) is 3.31. The predicted molar refractivity (Wildman–Crippen MR) is 116 cm³/mol. The van der Waals surface area contributed by atoms with E-state index in [9.17, 15) is 0 Å². The second kappa shape index (κ2) is 11.3. The summed E-state index contributed by atoms with van der Waals surface area (Å²) in [5.74, 6) is 2.04. The van der Waals surface area contributed by atoms with E-state index in [1.807, 2.05) is 43.3 Å². The van der Waals surface area contributed by atoms with Crippen LogP contribution in [0.4, 0.5) is 0 Å². The molecule has 30 heavy (non-hydrogen) atoms. The van der Waals surface area contributed by atoms with Crippen molar-refractivity contribution in [3.05, 3.63) is 59.4 Å². The van der Waals surface area contributed by atoms with Crippen molar-refractivity contribution < 1.29 is 14.8 Å². The van der Waals surface area contributed by atoms with E-state index in [1.165, 1.54) is 36.8 Å². The second-order valence-corrected chi connectivity index (χ2v) is 7.46. The number of nitrogens with zero attached hydrogens (tertiary/aromatic N) is 4. The summed E-state index contributed by atoms with van der Waals surface area (Å²) < 4.78 is 13.2. The molecular weight excluding hydrogens is 378 g/mol. The number of unbranched alkanes of at least 4 members (excludes halogenated alkanes) is 3. The maximum Gasteiger partial charge on any atom is 0.194 e. The van der Waals surface area contributed by atoms with Crippen molar-refractivity contribution in [3.63, 3.8) is 0 Å². The van der Waals surface area contributed by atoms with E-state index in [2.05, 4.69) is 33.8 Å². The first kappa shape index (κ1) is 21.8. The average Bonchev–Trinajstić information content (AvgIpc) is 3.24. The molecule has 7 nitrogen and oxygen atoms in total. The Morgan fingerprint density at radius 1 is 1.00 bits per heavy atom. The third-order valence-corrected chi connectivity index (χ3v) is 5.04. The fourth-order valence-corrected chi connectivity index (χ4v) is 3.27. The number of aromatic nitrogens is 4. The standard InChI is InChI=1S/C23H31N5O2/c1-4-5-6-7-14-24-16-19-10-13-21(22(15-19)29-3)30-17-23-25-26-27-28(23)20-11-8-18(2)9-12-20/h8-13,15,24H,4-7,14,16-17H2,1-3H3/p+1. The molecule has 0 saturated heterocycles. The highest BCUT2D eigenvalue weighted by molar-refractivity contribution is 5.43. The SMILES string of the molecule is CCCCCC[NH2+]Cc1ccc(OCc2nnnn2-c2ccc(C)cc2)c(OC)c1. The van der Waals surface area contributed by atoms with Crippen LogP contribution in [-0.2, 0) is 13.2 Å². The van der Waals surface area contributed by atoms with Gasteiger partial charge >= 0.3 is 0 Å². The minimum atomic E-state index is 0.250. The third kappa shape index (κ3) is 6.03. The maximum atomic E-state index is 5.98. The number of benzene rings is 2. The van der Waals surface area contributed by atoms with E-state index in [0.717, 1.165) is 24.5 Å². The van der Waals surface area contributed by atoms with Crippen molar-refractivity contribution in [2.45, 2.75) is 52.7 Å². The lowest BCUT2D eigenvalue weighted by molar-refractivity contribution is -0.671. The van der Waals surface area contributed by atoms with Gasteiger partial charge in [0.1, 0.15) is 6.54 Å². The molecule has 1 aromatic heterocycles. The van der Waals surface area contributed by atoms with Crippen LogP contribution >= 0.6 is 0 Å². The highest BCUT2D eigenvalue weighted by atomic mass is 16.5. The molecule has 7 heteroatoms. The molecule has 0 saturated carbocycles. The number of hydrogen-bond acceptors (Lipinski definition) is 5. The zero-order valence-electron chi connectivity index (χ0n) is 18.2. The van der Waals surface area contributed by atoms with E-state index >= 15 is 0 Å². The molecule has 0 fully saturated rings. The Labute approximate surface area is 178 Å². The third-order valence-electron chi connectivity index (χ3n) is 5.04. The monoisotopic (exact) mass is 410 g/mol. The van der Waals surface area contributed by atoms with Gasteiger partial charge in [-0.15, -0.1) is 5.10 Å². The first-order chi connectivity index (χ1) is 14.7. The van der Waals surface area contributed by atoms with Gasteiger partial charge in [-0.2, -0.15) is 4.68 Å². The maximum absolute atomic E-state index is 5.98. The van der Waals surface area contributed by atoms with E-state index in [-0.39, 0.29) is 6.61 Å². The predicted octanol–water partition coefficient (Wildman–Crippen LogP) is 3.20. The Kier molecular flexibility index (Phi) is 8.20. The summed E-state index contributed by atoms with van der Waals surface area (Å²) in [6.07, 6.45) is 5.17. The van der Waals surface area contributed by atoms with Gasteiger partial charge in [-0.05, 0) is 60.5 Å². The number of ether oxygens (including phenoxy) is 2. The van der Waals surface area contributed by atoms with Crippen LogP contribution in [0.1, 0.15) is 49.6 Å². The highest BCUT2D eigenvalue weighted by Gasteiger charge is 2.12. The van der Waals surface area contributed by atoms with Gasteiger partial charge in [0.15, 0.2) is 23.9 Å². The minimum Gasteiger partial charge on any atom is -0.493 e. The van der Waals surface area contributed by atoms with Crippen LogP contribution in [0.15, 0.2) is 42.5 Å². The zero-order chi connectivity index (χ0) is 21.2. The Morgan fingerprint density at radius 3 is 2.60 bits per heavy atom. The van der Waals surface area contributed by atoms with Crippen molar-refractivity contribution >= 4 is 0 Å². The van der Waals surface area contributed by atoms with Gasteiger partial charge < -0.3 is 14.8 Å². The molecule has 0 spiro atoms. The Hall–Kier alpha value is -2.93. The molecule has 0 bridgehead atoms. The van der Waals surface area contributed by atoms with Crippen molar-refractivity contribution in [2.75, 3.05) is 13.7 Å². The molecule has 0 radical (unpaired) electrons. The topological polar surface area (TPSA) is 78.7 Å². The second-order valence-electron chi connectivity index (χ2n) is 7.46. The minimum absolute atomic E-state index is 0.250. The van der Waals surface area contributed by atoms with Gasteiger partial charge in [-0.1, -0.05) is 37.5 Å². The van der Waals surface area contributed by atoms with Gasteiger partial charge in [0, 0.05) is 5.56 Å². The molecule has 3 rings (SSSR count). The first-order valence-electron chi connectivity index (χ1n) is 10.7. The molecule has 3 aromatic rings. The van der Waals surface area contributed by atoms with Gasteiger partial charge in [-0.25, -0.2) is 0 Å². The molecule has 160 valence electrons. The Balaban J connectivity index is 1.58. The van der Waals surface area contributed by atoms with Crippen LogP contribution in [0, 0.1) is 6.92 Å². The lowest BCUT2D eigenvalue weighted by Crippen LogP contribution is -2.82. The smallest absolute Gasteiger partial charge is 0.194 e. The summed E-state index contributed by atoms with van der Waals surface area (Å²) in [7, 11) is 1.66. The number of aryl methyl sites for hydroxylation is 1. The van der Waals surface area contributed by atoms with Crippen LogP contribution < -0.4 is 14.8 Å². The lowest BCUT2D eigenvalue weighted by atomic mass is 10.2. The van der Waals surface area contributed by atoms with Crippen molar-refractivity contribution in [2.24, 2.45) is 0 Å². The fourth-order valence-electron chi connectivity index (χ4n) is 3.27. The summed E-state index contributed by atoms with van der Waals surface area (Å²) >= 11 is 0. The zero-order valence-corrected chi connectivity index (χ0v) is 18.2. The molecule has 0 amide bonds. The summed E-state index contributed by atoms with van der Waals surface area (Å²) in [5, 5.41) is 14.3. The van der Waals surface area contributed by atoms with E-state index in [1.54, 1.807) is 11.8 Å². The van der Waals surface area contributed by atoms with Crippen molar-refractivity contribution in [1.29, 1.82) is 0 Å². The first-order valence-corrected chi connectivity index (χ1v) is 10.7. The fraction of sp³-hybridized carbons (Fsp3) is 0.435. The molecule has 0 aliphatic heterocycles. The average molecular weight is 411 g/mol. The number of nitrogens with two attached hydrogens (primary N) is 1.